The minimum absolute atomic E-state index is 0.0350. The van der Waals surface area contributed by atoms with E-state index in [1.165, 1.54) is 6.39 Å². The SMILES string of the molecule is Cc1ccccc1CC(=O)NCCc1cocn1. The summed E-state index contributed by atoms with van der Waals surface area (Å²) in [5, 5.41) is 2.88. The number of amides is 1. The largest absolute Gasteiger partial charge is 0.451 e. The third-order valence-corrected chi connectivity index (χ3v) is 2.80. The van der Waals surface area contributed by atoms with E-state index in [1.54, 1.807) is 6.26 Å². The van der Waals surface area contributed by atoms with Crippen LogP contribution in [0, 0.1) is 6.92 Å². The quantitative estimate of drug-likeness (QED) is 0.873. The molecule has 1 amide bonds. The van der Waals surface area contributed by atoms with Gasteiger partial charge in [-0.1, -0.05) is 24.3 Å². The van der Waals surface area contributed by atoms with Crippen molar-refractivity contribution >= 4 is 5.91 Å². The molecule has 0 saturated heterocycles. The number of nitrogens with one attached hydrogen (secondary N) is 1. The first-order valence-corrected chi connectivity index (χ1v) is 5.94. The van der Waals surface area contributed by atoms with Gasteiger partial charge in [0.1, 0.15) is 6.26 Å². The molecular weight excluding hydrogens is 228 g/mol. The highest BCUT2D eigenvalue weighted by molar-refractivity contribution is 5.78. The molecule has 0 unspecified atom stereocenters. The van der Waals surface area contributed by atoms with Crippen molar-refractivity contribution in [1.29, 1.82) is 0 Å². The zero-order valence-electron chi connectivity index (χ0n) is 10.3. The van der Waals surface area contributed by atoms with Crippen LogP contribution in [-0.2, 0) is 17.6 Å². The Bertz CT molecular complexity index is 506. The topological polar surface area (TPSA) is 55.1 Å². The van der Waals surface area contributed by atoms with Crippen LogP contribution in [0.4, 0.5) is 0 Å². The van der Waals surface area contributed by atoms with Crippen LogP contribution >= 0.6 is 0 Å². The summed E-state index contributed by atoms with van der Waals surface area (Å²) in [4.78, 5) is 15.7. The minimum Gasteiger partial charge on any atom is -0.451 e. The molecule has 4 nitrogen and oxygen atoms in total. The lowest BCUT2D eigenvalue weighted by Crippen LogP contribution is -2.27. The zero-order valence-corrected chi connectivity index (χ0v) is 10.3. The Morgan fingerprint density at radius 1 is 1.39 bits per heavy atom. The van der Waals surface area contributed by atoms with Crippen molar-refractivity contribution in [3.05, 3.63) is 53.7 Å². The summed E-state index contributed by atoms with van der Waals surface area (Å²) in [5.74, 6) is 0.0350. The molecule has 94 valence electrons. The highest BCUT2D eigenvalue weighted by atomic mass is 16.3. The standard InChI is InChI=1S/C14H16N2O2/c1-11-4-2-3-5-12(11)8-14(17)15-7-6-13-9-18-10-16-13/h2-5,9-10H,6-8H2,1H3,(H,15,17). The predicted molar refractivity (Wildman–Crippen MR) is 68.1 cm³/mol. The summed E-state index contributed by atoms with van der Waals surface area (Å²) in [6.07, 6.45) is 4.10. The second-order valence-corrected chi connectivity index (χ2v) is 4.18. The first-order chi connectivity index (χ1) is 8.75. The second kappa shape index (κ2) is 6.00. The van der Waals surface area contributed by atoms with Crippen LogP contribution in [-0.4, -0.2) is 17.4 Å². The number of hydrogen-bond donors (Lipinski definition) is 1. The summed E-state index contributed by atoms with van der Waals surface area (Å²) < 4.78 is 4.86. The Labute approximate surface area is 106 Å². The van der Waals surface area contributed by atoms with E-state index in [1.807, 2.05) is 31.2 Å². The summed E-state index contributed by atoms with van der Waals surface area (Å²) in [5.41, 5.74) is 3.06. The smallest absolute Gasteiger partial charge is 0.224 e. The summed E-state index contributed by atoms with van der Waals surface area (Å²) >= 11 is 0. The first kappa shape index (κ1) is 12.4. The van der Waals surface area contributed by atoms with Gasteiger partial charge in [0, 0.05) is 13.0 Å². The van der Waals surface area contributed by atoms with E-state index in [4.69, 9.17) is 4.42 Å². The molecule has 0 aliphatic heterocycles. The number of carbonyl (C=O) groups is 1. The van der Waals surface area contributed by atoms with Gasteiger partial charge in [0.2, 0.25) is 5.91 Å². The van der Waals surface area contributed by atoms with Crippen molar-refractivity contribution in [2.24, 2.45) is 0 Å². The Morgan fingerprint density at radius 2 is 2.22 bits per heavy atom. The van der Waals surface area contributed by atoms with Gasteiger partial charge in [-0.3, -0.25) is 4.79 Å². The van der Waals surface area contributed by atoms with Crippen LogP contribution in [0.15, 0.2) is 41.3 Å². The number of nitrogens with zero attached hydrogens (tertiary/aromatic N) is 1. The second-order valence-electron chi connectivity index (χ2n) is 4.18. The first-order valence-electron chi connectivity index (χ1n) is 5.94. The minimum atomic E-state index is 0.0350. The molecule has 0 aliphatic carbocycles. The molecule has 1 aromatic carbocycles. The van der Waals surface area contributed by atoms with Crippen molar-refractivity contribution in [3.8, 4) is 0 Å². The molecule has 18 heavy (non-hydrogen) atoms. The maximum Gasteiger partial charge on any atom is 0.224 e. The predicted octanol–water partition coefficient (Wildman–Crippen LogP) is 1.88. The lowest BCUT2D eigenvalue weighted by atomic mass is 10.1. The number of oxazole rings is 1. The van der Waals surface area contributed by atoms with Crippen molar-refractivity contribution < 1.29 is 9.21 Å². The van der Waals surface area contributed by atoms with E-state index in [2.05, 4.69) is 10.3 Å². The van der Waals surface area contributed by atoms with E-state index in [9.17, 15) is 4.79 Å². The molecule has 1 aromatic heterocycles. The molecular formula is C14H16N2O2. The van der Waals surface area contributed by atoms with Gasteiger partial charge in [0.15, 0.2) is 6.39 Å². The van der Waals surface area contributed by atoms with Crippen molar-refractivity contribution in [3.63, 3.8) is 0 Å². The van der Waals surface area contributed by atoms with Crippen LogP contribution in [0.2, 0.25) is 0 Å². The van der Waals surface area contributed by atoms with Gasteiger partial charge in [-0.05, 0) is 18.1 Å². The lowest BCUT2D eigenvalue weighted by molar-refractivity contribution is -0.120. The van der Waals surface area contributed by atoms with Crippen molar-refractivity contribution in [2.45, 2.75) is 19.8 Å². The molecule has 2 aromatic rings. The molecule has 0 bridgehead atoms. The molecule has 2 rings (SSSR count). The lowest BCUT2D eigenvalue weighted by Gasteiger charge is -2.06. The fourth-order valence-corrected chi connectivity index (χ4v) is 1.73. The van der Waals surface area contributed by atoms with Crippen molar-refractivity contribution in [2.75, 3.05) is 6.54 Å². The number of hydrogen-bond acceptors (Lipinski definition) is 3. The summed E-state index contributed by atoms with van der Waals surface area (Å²) in [6, 6.07) is 7.91. The van der Waals surface area contributed by atoms with E-state index < -0.39 is 0 Å². The summed E-state index contributed by atoms with van der Waals surface area (Å²) in [6.45, 7) is 2.59. The van der Waals surface area contributed by atoms with Crippen LogP contribution in [0.25, 0.3) is 0 Å². The van der Waals surface area contributed by atoms with Crippen LogP contribution in [0.5, 0.6) is 0 Å². The third-order valence-electron chi connectivity index (χ3n) is 2.80. The normalized spacial score (nSPS) is 10.3. The van der Waals surface area contributed by atoms with Gasteiger partial charge in [-0.2, -0.15) is 0 Å². The van der Waals surface area contributed by atoms with E-state index in [0.29, 0.717) is 19.4 Å². The molecule has 1 N–H and O–H groups in total. The van der Waals surface area contributed by atoms with Gasteiger partial charge in [-0.25, -0.2) is 4.98 Å². The molecule has 0 radical (unpaired) electrons. The highest BCUT2D eigenvalue weighted by Crippen LogP contribution is 2.07. The van der Waals surface area contributed by atoms with Gasteiger partial charge in [0.05, 0.1) is 12.1 Å². The van der Waals surface area contributed by atoms with E-state index in [0.717, 1.165) is 16.8 Å². The number of carbonyl (C=O) groups excluding carboxylic acids is 1. The monoisotopic (exact) mass is 244 g/mol. The molecule has 0 spiro atoms. The van der Waals surface area contributed by atoms with Crippen LogP contribution in [0.3, 0.4) is 0 Å². The summed E-state index contributed by atoms with van der Waals surface area (Å²) in [7, 11) is 0. The molecule has 4 heteroatoms. The zero-order chi connectivity index (χ0) is 12.8. The molecule has 0 fully saturated rings. The average molecular weight is 244 g/mol. The fourth-order valence-electron chi connectivity index (χ4n) is 1.73. The van der Waals surface area contributed by atoms with Crippen LogP contribution < -0.4 is 5.32 Å². The number of benzene rings is 1. The number of rotatable bonds is 5. The Hall–Kier alpha value is -2.10. The molecule has 1 heterocycles. The average Bonchev–Trinajstić information content (AvgIpc) is 2.85. The highest BCUT2D eigenvalue weighted by Gasteiger charge is 2.05. The number of aromatic nitrogens is 1. The Morgan fingerprint density at radius 3 is 2.94 bits per heavy atom. The Kier molecular flexibility index (Phi) is 4.12. The van der Waals surface area contributed by atoms with E-state index in [-0.39, 0.29) is 5.91 Å². The van der Waals surface area contributed by atoms with Gasteiger partial charge < -0.3 is 9.73 Å². The molecule has 0 saturated carbocycles. The molecule has 0 atom stereocenters. The van der Waals surface area contributed by atoms with Gasteiger partial charge in [-0.15, -0.1) is 0 Å². The maximum atomic E-state index is 11.7. The molecule has 0 aliphatic rings. The van der Waals surface area contributed by atoms with Gasteiger partial charge >= 0.3 is 0 Å². The fraction of sp³-hybridized carbons (Fsp3) is 0.286. The van der Waals surface area contributed by atoms with Gasteiger partial charge in [0.25, 0.3) is 0 Å². The Balaban J connectivity index is 1.77. The third kappa shape index (κ3) is 3.45. The van der Waals surface area contributed by atoms with E-state index >= 15 is 0 Å². The maximum absolute atomic E-state index is 11.7. The number of aryl methyl sites for hydroxylation is 1. The van der Waals surface area contributed by atoms with Crippen molar-refractivity contribution in [1.82, 2.24) is 10.3 Å². The van der Waals surface area contributed by atoms with Crippen LogP contribution in [0.1, 0.15) is 16.8 Å².